The summed E-state index contributed by atoms with van der Waals surface area (Å²) in [4.78, 5) is 15.1. The summed E-state index contributed by atoms with van der Waals surface area (Å²) in [6.45, 7) is 4.37. The van der Waals surface area contributed by atoms with E-state index in [4.69, 9.17) is 0 Å². The van der Waals surface area contributed by atoms with Crippen LogP contribution in [0.3, 0.4) is 0 Å². The first-order valence-corrected chi connectivity index (χ1v) is 9.48. The molecule has 114 valence electrons. The molecule has 1 aliphatic carbocycles. The fraction of sp³-hybridized carbons (Fsp3) is 0.933. The van der Waals surface area contributed by atoms with Gasteiger partial charge >= 0.3 is 0 Å². The van der Waals surface area contributed by atoms with Gasteiger partial charge in [0.15, 0.2) is 0 Å². The second kappa shape index (κ2) is 5.41. The molecule has 0 aromatic carbocycles. The van der Waals surface area contributed by atoms with Crippen molar-refractivity contribution in [1.82, 2.24) is 10.2 Å². The molecule has 3 fully saturated rings. The van der Waals surface area contributed by atoms with Crippen LogP contribution in [0.4, 0.5) is 0 Å². The van der Waals surface area contributed by atoms with Crippen molar-refractivity contribution in [2.45, 2.75) is 70.1 Å². The zero-order chi connectivity index (χ0) is 14.3. The Hall–Kier alpha value is -0.420. The summed E-state index contributed by atoms with van der Waals surface area (Å²) >= 11 is 0. The van der Waals surface area contributed by atoms with Crippen LogP contribution in [-0.4, -0.2) is 44.3 Å². The SMILES string of the molecule is CC(C)C1NC2(CCCC2)C(=O)N1C1CCS(=O)CC1. The summed E-state index contributed by atoms with van der Waals surface area (Å²) in [6.07, 6.45) is 6.27. The highest BCUT2D eigenvalue weighted by atomic mass is 32.2. The Morgan fingerprint density at radius 2 is 1.85 bits per heavy atom. The third-order valence-electron chi connectivity index (χ3n) is 5.21. The van der Waals surface area contributed by atoms with Gasteiger partial charge < -0.3 is 4.90 Å². The average molecular weight is 298 g/mol. The largest absolute Gasteiger partial charge is 0.322 e. The molecule has 1 unspecified atom stereocenters. The highest BCUT2D eigenvalue weighted by Gasteiger charge is 2.54. The maximum Gasteiger partial charge on any atom is 0.244 e. The lowest BCUT2D eigenvalue weighted by Gasteiger charge is -2.36. The monoisotopic (exact) mass is 298 g/mol. The predicted octanol–water partition coefficient (Wildman–Crippen LogP) is 1.62. The number of carbonyl (C=O) groups is 1. The molecule has 1 atom stereocenters. The summed E-state index contributed by atoms with van der Waals surface area (Å²) in [5, 5.41) is 3.67. The van der Waals surface area contributed by atoms with Crippen molar-refractivity contribution in [1.29, 1.82) is 0 Å². The van der Waals surface area contributed by atoms with Crippen LogP contribution in [0.25, 0.3) is 0 Å². The maximum absolute atomic E-state index is 13.0. The molecular weight excluding hydrogens is 272 g/mol. The molecule has 3 rings (SSSR count). The fourth-order valence-corrected chi connectivity index (χ4v) is 5.34. The lowest BCUT2D eigenvalue weighted by molar-refractivity contribution is -0.136. The van der Waals surface area contributed by atoms with E-state index in [1.807, 2.05) is 0 Å². The van der Waals surface area contributed by atoms with Crippen molar-refractivity contribution in [3.8, 4) is 0 Å². The van der Waals surface area contributed by atoms with Crippen molar-refractivity contribution in [2.75, 3.05) is 11.5 Å². The molecule has 0 radical (unpaired) electrons. The van der Waals surface area contributed by atoms with Crippen LogP contribution in [0.2, 0.25) is 0 Å². The van der Waals surface area contributed by atoms with Crippen molar-refractivity contribution in [3.63, 3.8) is 0 Å². The normalized spacial score (nSPS) is 37.2. The van der Waals surface area contributed by atoms with Crippen LogP contribution >= 0.6 is 0 Å². The van der Waals surface area contributed by atoms with Gasteiger partial charge in [0.1, 0.15) is 0 Å². The summed E-state index contributed by atoms with van der Waals surface area (Å²) < 4.78 is 11.6. The van der Waals surface area contributed by atoms with Crippen LogP contribution < -0.4 is 5.32 Å². The number of nitrogens with one attached hydrogen (secondary N) is 1. The molecule has 1 spiro atoms. The number of carbonyl (C=O) groups excluding carboxylic acids is 1. The Labute approximate surface area is 124 Å². The van der Waals surface area contributed by atoms with E-state index in [1.165, 1.54) is 0 Å². The van der Waals surface area contributed by atoms with Gasteiger partial charge in [0.25, 0.3) is 0 Å². The fourth-order valence-electron chi connectivity index (χ4n) is 4.06. The Balaban J connectivity index is 1.83. The second-order valence-electron chi connectivity index (χ2n) is 6.91. The smallest absolute Gasteiger partial charge is 0.244 e. The van der Waals surface area contributed by atoms with Crippen LogP contribution in [-0.2, 0) is 15.6 Å². The van der Waals surface area contributed by atoms with E-state index in [1.54, 1.807) is 0 Å². The van der Waals surface area contributed by atoms with Crippen LogP contribution in [0.5, 0.6) is 0 Å². The summed E-state index contributed by atoms with van der Waals surface area (Å²) in [7, 11) is -0.663. The van der Waals surface area contributed by atoms with Gasteiger partial charge in [0, 0.05) is 28.3 Å². The molecule has 0 aromatic rings. The first-order chi connectivity index (χ1) is 9.53. The molecule has 1 N–H and O–H groups in total. The van der Waals surface area contributed by atoms with Gasteiger partial charge in [-0.25, -0.2) is 0 Å². The second-order valence-corrected chi connectivity index (χ2v) is 8.61. The van der Waals surface area contributed by atoms with E-state index in [9.17, 15) is 9.00 Å². The topological polar surface area (TPSA) is 49.4 Å². The standard InChI is InChI=1S/C15H26N2O2S/c1-11(2)13-16-15(7-3-4-8-15)14(18)17(13)12-5-9-20(19)10-6-12/h11-13,16H,3-10H2,1-2H3. The highest BCUT2D eigenvalue weighted by molar-refractivity contribution is 7.85. The minimum absolute atomic E-state index is 0.164. The van der Waals surface area contributed by atoms with Crippen molar-refractivity contribution in [2.24, 2.45) is 5.92 Å². The molecule has 0 aromatic heterocycles. The van der Waals surface area contributed by atoms with E-state index in [-0.39, 0.29) is 11.7 Å². The Bertz CT molecular complexity index is 408. The molecule has 2 heterocycles. The third-order valence-corrected chi connectivity index (χ3v) is 6.59. The van der Waals surface area contributed by atoms with Gasteiger partial charge in [0.2, 0.25) is 5.91 Å². The number of nitrogens with zero attached hydrogens (tertiary/aromatic N) is 1. The van der Waals surface area contributed by atoms with Gasteiger partial charge in [-0.3, -0.25) is 14.3 Å². The number of hydrogen-bond acceptors (Lipinski definition) is 3. The Morgan fingerprint density at radius 3 is 2.40 bits per heavy atom. The number of hydrogen-bond donors (Lipinski definition) is 1. The lowest BCUT2D eigenvalue weighted by Crippen LogP contribution is -2.49. The van der Waals surface area contributed by atoms with Crippen LogP contribution in [0.1, 0.15) is 52.4 Å². The van der Waals surface area contributed by atoms with Crippen LogP contribution in [0, 0.1) is 5.92 Å². The van der Waals surface area contributed by atoms with E-state index in [0.29, 0.717) is 17.9 Å². The zero-order valence-electron chi connectivity index (χ0n) is 12.6. The summed E-state index contributed by atoms with van der Waals surface area (Å²) in [6, 6.07) is 0.292. The first-order valence-electron chi connectivity index (χ1n) is 7.99. The highest BCUT2D eigenvalue weighted by Crippen LogP contribution is 2.39. The summed E-state index contributed by atoms with van der Waals surface area (Å²) in [5.74, 6) is 2.26. The molecule has 0 bridgehead atoms. The van der Waals surface area contributed by atoms with Gasteiger partial charge in [0.05, 0.1) is 11.7 Å². The number of amides is 1. The van der Waals surface area contributed by atoms with Crippen molar-refractivity contribution >= 4 is 16.7 Å². The quantitative estimate of drug-likeness (QED) is 0.843. The van der Waals surface area contributed by atoms with Crippen molar-refractivity contribution in [3.05, 3.63) is 0 Å². The minimum Gasteiger partial charge on any atom is -0.322 e. The first kappa shape index (κ1) is 14.5. The predicted molar refractivity (Wildman–Crippen MR) is 80.7 cm³/mol. The molecule has 4 nitrogen and oxygen atoms in total. The van der Waals surface area contributed by atoms with E-state index >= 15 is 0 Å². The van der Waals surface area contributed by atoms with Gasteiger partial charge in [-0.1, -0.05) is 26.7 Å². The van der Waals surface area contributed by atoms with E-state index in [0.717, 1.165) is 50.0 Å². The molecule has 2 aliphatic heterocycles. The number of rotatable bonds is 2. The van der Waals surface area contributed by atoms with E-state index in [2.05, 4.69) is 24.1 Å². The molecule has 3 aliphatic rings. The third kappa shape index (κ3) is 2.33. The Morgan fingerprint density at radius 1 is 1.25 bits per heavy atom. The molecule has 5 heteroatoms. The molecular formula is C15H26N2O2S. The molecule has 20 heavy (non-hydrogen) atoms. The van der Waals surface area contributed by atoms with E-state index < -0.39 is 10.8 Å². The van der Waals surface area contributed by atoms with Gasteiger partial charge in [-0.15, -0.1) is 0 Å². The van der Waals surface area contributed by atoms with Crippen LogP contribution in [0.15, 0.2) is 0 Å². The molecule has 1 saturated carbocycles. The average Bonchev–Trinajstić information content (AvgIpc) is 2.99. The molecule has 1 amide bonds. The summed E-state index contributed by atoms with van der Waals surface area (Å²) in [5.41, 5.74) is -0.272. The van der Waals surface area contributed by atoms with Gasteiger partial charge in [-0.05, 0) is 31.6 Å². The Kier molecular flexibility index (Phi) is 3.93. The zero-order valence-corrected chi connectivity index (χ0v) is 13.4. The molecule has 2 saturated heterocycles. The maximum atomic E-state index is 13.0. The van der Waals surface area contributed by atoms with Gasteiger partial charge in [-0.2, -0.15) is 0 Å². The van der Waals surface area contributed by atoms with Crippen molar-refractivity contribution < 1.29 is 9.00 Å². The minimum atomic E-state index is -0.663. The lowest BCUT2D eigenvalue weighted by atomic mass is 9.97.